The van der Waals surface area contributed by atoms with Gasteiger partial charge in [-0.05, 0) is 66.5 Å². The predicted molar refractivity (Wildman–Crippen MR) is 110 cm³/mol. The number of anilines is 1. The fourth-order valence-electron chi connectivity index (χ4n) is 5.82. The number of ether oxygens (including phenoxy) is 1. The number of benzene rings is 2. The normalized spacial score (nSPS) is 32.1. The first-order chi connectivity index (χ1) is 15.0. The molecule has 31 heavy (non-hydrogen) atoms. The molecule has 1 aliphatic heterocycles. The average Bonchev–Trinajstić information content (AvgIpc) is 3.56. The third-order valence-corrected chi connectivity index (χ3v) is 7.29. The summed E-state index contributed by atoms with van der Waals surface area (Å²) in [7, 11) is 0. The zero-order valence-electron chi connectivity index (χ0n) is 16.6. The number of hydrogen-bond acceptors (Lipinski definition) is 4. The Morgan fingerprint density at radius 3 is 2.19 bits per heavy atom. The van der Waals surface area contributed by atoms with Crippen molar-refractivity contribution in [3.8, 4) is 5.75 Å². The number of imide groups is 1. The fourth-order valence-corrected chi connectivity index (χ4v) is 5.82. The highest BCUT2D eigenvalue weighted by molar-refractivity contribution is 6.23. The Hall–Kier alpha value is -3.28. The Labute approximate surface area is 178 Å². The summed E-state index contributed by atoms with van der Waals surface area (Å²) in [5, 5.41) is 0. The third-order valence-electron chi connectivity index (χ3n) is 7.29. The number of ketones is 1. The summed E-state index contributed by atoms with van der Waals surface area (Å²) in [6.07, 6.45) is 5.39. The summed E-state index contributed by atoms with van der Waals surface area (Å²) in [5.74, 6) is 0.0244. The van der Waals surface area contributed by atoms with Crippen molar-refractivity contribution < 1.29 is 23.5 Å². The number of para-hydroxylation sites is 2. The van der Waals surface area contributed by atoms with Crippen LogP contribution in [0.15, 0.2) is 60.7 Å². The number of halogens is 1. The van der Waals surface area contributed by atoms with Crippen molar-refractivity contribution in [1.82, 2.24) is 0 Å². The van der Waals surface area contributed by atoms with Gasteiger partial charge >= 0.3 is 0 Å². The van der Waals surface area contributed by atoms with Crippen molar-refractivity contribution >= 4 is 23.3 Å². The van der Waals surface area contributed by atoms with E-state index < -0.39 is 5.82 Å². The summed E-state index contributed by atoms with van der Waals surface area (Å²) in [6, 6.07) is 12.1. The molecule has 2 aromatic rings. The molecule has 0 radical (unpaired) electrons. The molecule has 0 aromatic heterocycles. The largest absolute Gasteiger partial charge is 0.483 e. The molecule has 2 amide bonds. The molecule has 1 heterocycles. The molecule has 2 aromatic carbocycles. The second kappa shape index (κ2) is 6.61. The number of Topliss-reactive ketones (excluding diaryl/α,β-unsaturated/α-hetero) is 1. The molecular weight excluding hydrogens is 397 g/mol. The molecule has 156 valence electrons. The Morgan fingerprint density at radius 1 is 0.935 bits per heavy atom. The molecule has 6 atom stereocenters. The molecular formula is C25H20FNO4. The monoisotopic (exact) mass is 417 g/mol. The van der Waals surface area contributed by atoms with Gasteiger partial charge in [0.25, 0.3) is 0 Å². The minimum Gasteiger partial charge on any atom is -0.483 e. The Morgan fingerprint density at radius 2 is 1.55 bits per heavy atom. The number of rotatable bonds is 5. The van der Waals surface area contributed by atoms with Crippen LogP contribution in [-0.2, 0) is 9.59 Å². The highest BCUT2D eigenvalue weighted by Crippen LogP contribution is 2.65. The van der Waals surface area contributed by atoms with E-state index in [-0.39, 0.29) is 47.9 Å². The van der Waals surface area contributed by atoms with Gasteiger partial charge in [-0.25, -0.2) is 9.29 Å². The van der Waals surface area contributed by atoms with E-state index >= 15 is 0 Å². The molecule has 7 rings (SSSR count). The van der Waals surface area contributed by atoms with E-state index in [4.69, 9.17) is 4.74 Å². The molecule has 6 heteroatoms. The van der Waals surface area contributed by atoms with Gasteiger partial charge in [-0.3, -0.25) is 14.4 Å². The van der Waals surface area contributed by atoms with Crippen LogP contribution in [0.25, 0.3) is 0 Å². The van der Waals surface area contributed by atoms with Crippen molar-refractivity contribution in [2.24, 2.45) is 35.5 Å². The van der Waals surface area contributed by atoms with E-state index in [2.05, 4.69) is 12.2 Å². The summed E-state index contributed by atoms with van der Waals surface area (Å²) >= 11 is 0. The van der Waals surface area contributed by atoms with Crippen LogP contribution < -0.4 is 9.64 Å². The molecule has 5 aliphatic rings. The molecule has 5 nitrogen and oxygen atoms in total. The minimum atomic E-state index is -0.420. The summed E-state index contributed by atoms with van der Waals surface area (Å²) in [5.41, 5.74) is 0.715. The molecule has 2 bridgehead atoms. The van der Waals surface area contributed by atoms with Crippen LogP contribution in [0, 0.1) is 41.3 Å². The van der Waals surface area contributed by atoms with Crippen molar-refractivity contribution in [2.75, 3.05) is 11.5 Å². The third kappa shape index (κ3) is 2.70. The van der Waals surface area contributed by atoms with E-state index in [0.29, 0.717) is 28.8 Å². The van der Waals surface area contributed by atoms with Gasteiger partial charge in [-0.15, -0.1) is 0 Å². The number of carbonyl (C=O) groups excluding carboxylic acids is 3. The molecule has 0 N–H and O–H groups in total. The maximum absolute atomic E-state index is 13.4. The lowest BCUT2D eigenvalue weighted by Crippen LogP contribution is -2.40. The molecule has 4 aliphatic carbocycles. The quantitative estimate of drug-likeness (QED) is 0.423. The van der Waals surface area contributed by atoms with Gasteiger partial charge < -0.3 is 4.74 Å². The Kier molecular flexibility index (Phi) is 3.94. The number of allylic oxidation sites excluding steroid dienone is 2. The SMILES string of the molecule is O=C(COc1ccccc1N1C(=O)[C@@H]2[C@@H]3C=C[C@H]([C@H]4C[C@H]34)[C@@H]2C1=O)c1ccc(F)cc1. The summed E-state index contributed by atoms with van der Waals surface area (Å²) in [6.45, 7) is -0.275. The van der Waals surface area contributed by atoms with Crippen LogP contribution in [0.3, 0.4) is 0 Å². The number of nitrogens with zero attached hydrogens (tertiary/aromatic N) is 1. The molecule has 2 saturated carbocycles. The molecule has 1 saturated heterocycles. The number of amides is 2. The van der Waals surface area contributed by atoms with E-state index in [0.717, 1.165) is 6.42 Å². The van der Waals surface area contributed by atoms with Crippen LogP contribution in [0.4, 0.5) is 10.1 Å². The zero-order valence-corrected chi connectivity index (χ0v) is 16.6. The second-order valence-electron chi connectivity index (χ2n) is 8.85. The molecule has 0 spiro atoms. The van der Waals surface area contributed by atoms with Crippen molar-refractivity contribution in [3.63, 3.8) is 0 Å². The smallest absolute Gasteiger partial charge is 0.238 e. The first kappa shape index (κ1) is 18.5. The van der Waals surface area contributed by atoms with Gasteiger partial charge in [-0.2, -0.15) is 0 Å². The second-order valence-corrected chi connectivity index (χ2v) is 8.85. The topological polar surface area (TPSA) is 63.7 Å². The zero-order chi connectivity index (χ0) is 21.3. The van der Waals surface area contributed by atoms with Crippen LogP contribution >= 0.6 is 0 Å². The maximum Gasteiger partial charge on any atom is 0.238 e. The standard InChI is InChI=1S/C25H20FNO4/c26-14-7-5-13(6-8-14)20(28)12-31-21-4-2-1-3-19(21)27-24(29)22-15-9-10-16(18-11-17(15)18)23(22)25(27)30/h1-10,15-18,22-23H,11-12H2/t15-,16-,17-,18-,22-,23+/m1/s1. The van der Waals surface area contributed by atoms with E-state index in [9.17, 15) is 18.8 Å². The molecule has 0 unspecified atom stereocenters. The van der Waals surface area contributed by atoms with Gasteiger partial charge in [0.15, 0.2) is 12.4 Å². The number of hydrogen-bond donors (Lipinski definition) is 0. The average molecular weight is 417 g/mol. The van der Waals surface area contributed by atoms with E-state index in [1.165, 1.54) is 29.2 Å². The highest BCUT2D eigenvalue weighted by Gasteiger charge is 2.67. The molecule has 3 fully saturated rings. The summed E-state index contributed by atoms with van der Waals surface area (Å²) < 4.78 is 18.8. The lowest BCUT2D eigenvalue weighted by Gasteiger charge is -2.37. The van der Waals surface area contributed by atoms with Crippen molar-refractivity contribution in [3.05, 3.63) is 72.1 Å². The van der Waals surface area contributed by atoms with Crippen LogP contribution in [0.2, 0.25) is 0 Å². The Bertz CT molecular complexity index is 1100. The first-order valence-corrected chi connectivity index (χ1v) is 10.6. The lowest BCUT2D eigenvalue weighted by molar-refractivity contribution is -0.124. The predicted octanol–water partition coefficient (Wildman–Crippen LogP) is 3.64. The van der Waals surface area contributed by atoms with Crippen LogP contribution in [0.1, 0.15) is 16.8 Å². The lowest BCUT2D eigenvalue weighted by atomic mass is 9.63. The van der Waals surface area contributed by atoms with Gasteiger partial charge in [-0.1, -0.05) is 24.3 Å². The van der Waals surface area contributed by atoms with Crippen molar-refractivity contribution in [1.29, 1.82) is 0 Å². The van der Waals surface area contributed by atoms with Gasteiger partial charge in [0.1, 0.15) is 11.6 Å². The summed E-state index contributed by atoms with van der Waals surface area (Å²) in [4.78, 5) is 40.4. The van der Waals surface area contributed by atoms with Gasteiger partial charge in [0, 0.05) is 5.56 Å². The number of carbonyl (C=O) groups is 3. The fraction of sp³-hybridized carbons (Fsp3) is 0.320. The Balaban J connectivity index is 1.26. The highest BCUT2D eigenvalue weighted by atomic mass is 19.1. The van der Waals surface area contributed by atoms with E-state index in [1.807, 2.05) is 0 Å². The minimum absolute atomic E-state index is 0.148. The maximum atomic E-state index is 13.4. The van der Waals surface area contributed by atoms with Crippen molar-refractivity contribution in [2.45, 2.75) is 6.42 Å². The van der Waals surface area contributed by atoms with Gasteiger partial charge in [0.05, 0.1) is 17.5 Å². The van der Waals surface area contributed by atoms with Crippen LogP contribution in [-0.4, -0.2) is 24.2 Å². The van der Waals surface area contributed by atoms with Gasteiger partial charge in [0.2, 0.25) is 11.8 Å². The van der Waals surface area contributed by atoms with E-state index in [1.54, 1.807) is 24.3 Å². The first-order valence-electron chi connectivity index (χ1n) is 10.6. The van der Waals surface area contributed by atoms with Crippen LogP contribution in [0.5, 0.6) is 5.75 Å².